The van der Waals surface area contributed by atoms with E-state index in [1.807, 2.05) is 31.2 Å². The van der Waals surface area contributed by atoms with Gasteiger partial charge in [-0.1, -0.05) is 73.7 Å². The fourth-order valence-electron chi connectivity index (χ4n) is 4.26. The standard InChI is InChI=1S/C28H32N2O3/c1-2-20-32-28(31)26-24(14-9-17-29-26)21-30-18-15-25(16-19-30)33-27(22-10-5-3-6-11-22)23-12-7-4-8-13-23/h3-14,17,25,27H,2,15-16,18-21H2,1H3. The van der Waals surface area contributed by atoms with Gasteiger partial charge in [-0.15, -0.1) is 0 Å². The number of hydrogen-bond donors (Lipinski definition) is 0. The molecule has 5 nitrogen and oxygen atoms in total. The van der Waals surface area contributed by atoms with E-state index in [4.69, 9.17) is 9.47 Å². The number of carbonyl (C=O) groups excluding carboxylic acids is 1. The first kappa shape index (κ1) is 23.1. The molecule has 4 rings (SSSR count). The Morgan fingerprint density at radius 1 is 0.970 bits per heavy atom. The lowest BCUT2D eigenvalue weighted by molar-refractivity contribution is -0.0282. The third kappa shape index (κ3) is 6.28. The summed E-state index contributed by atoms with van der Waals surface area (Å²) in [6, 6.07) is 24.7. The van der Waals surface area contributed by atoms with Gasteiger partial charge in [-0.3, -0.25) is 4.90 Å². The number of piperidine rings is 1. The van der Waals surface area contributed by atoms with Gasteiger partial charge in [0.15, 0.2) is 5.69 Å². The fraction of sp³-hybridized carbons (Fsp3) is 0.357. The summed E-state index contributed by atoms with van der Waals surface area (Å²) in [6.07, 6.45) is 4.48. The number of ether oxygens (including phenoxy) is 2. The highest BCUT2D eigenvalue weighted by Crippen LogP contribution is 2.30. The van der Waals surface area contributed by atoms with Gasteiger partial charge in [0.1, 0.15) is 6.10 Å². The molecule has 0 atom stereocenters. The fourth-order valence-corrected chi connectivity index (χ4v) is 4.26. The molecule has 172 valence electrons. The SMILES string of the molecule is CCCOC(=O)c1ncccc1CN1CCC(OC(c2ccccc2)c2ccccc2)CC1. The summed E-state index contributed by atoms with van der Waals surface area (Å²) in [7, 11) is 0. The highest BCUT2D eigenvalue weighted by atomic mass is 16.5. The Morgan fingerprint density at radius 3 is 2.21 bits per heavy atom. The van der Waals surface area contributed by atoms with Crippen LogP contribution in [0, 0.1) is 0 Å². The highest BCUT2D eigenvalue weighted by molar-refractivity contribution is 5.88. The number of hydrogen-bond acceptors (Lipinski definition) is 5. The van der Waals surface area contributed by atoms with Crippen LogP contribution in [0.15, 0.2) is 79.0 Å². The minimum atomic E-state index is -0.334. The van der Waals surface area contributed by atoms with Crippen LogP contribution in [0.1, 0.15) is 59.5 Å². The van der Waals surface area contributed by atoms with Crippen molar-refractivity contribution in [3.05, 3.63) is 101 Å². The van der Waals surface area contributed by atoms with Crippen molar-refractivity contribution in [1.82, 2.24) is 9.88 Å². The van der Waals surface area contributed by atoms with E-state index in [1.54, 1.807) is 6.20 Å². The Balaban J connectivity index is 1.38. The van der Waals surface area contributed by atoms with Crippen molar-refractivity contribution in [2.75, 3.05) is 19.7 Å². The molecule has 1 saturated heterocycles. The van der Waals surface area contributed by atoms with Crippen LogP contribution in [0.3, 0.4) is 0 Å². The van der Waals surface area contributed by atoms with Crippen LogP contribution in [0.25, 0.3) is 0 Å². The summed E-state index contributed by atoms with van der Waals surface area (Å²) in [5, 5.41) is 0. The molecule has 0 radical (unpaired) electrons. The minimum Gasteiger partial charge on any atom is -0.461 e. The lowest BCUT2D eigenvalue weighted by Gasteiger charge is -2.34. The molecular weight excluding hydrogens is 412 g/mol. The van der Waals surface area contributed by atoms with Crippen molar-refractivity contribution in [2.45, 2.75) is 44.9 Å². The second-order valence-electron chi connectivity index (χ2n) is 8.46. The molecule has 2 heterocycles. The van der Waals surface area contributed by atoms with E-state index in [0.29, 0.717) is 18.8 Å². The van der Waals surface area contributed by atoms with E-state index in [2.05, 4.69) is 58.4 Å². The largest absolute Gasteiger partial charge is 0.461 e. The zero-order valence-corrected chi connectivity index (χ0v) is 19.2. The summed E-state index contributed by atoms with van der Waals surface area (Å²) in [6.45, 7) is 4.93. The van der Waals surface area contributed by atoms with Gasteiger partial charge in [0.25, 0.3) is 0 Å². The second kappa shape index (κ2) is 11.7. The molecule has 0 N–H and O–H groups in total. The summed E-state index contributed by atoms with van der Waals surface area (Å²) in [5.74, 6) is -0.334. The summed E-state index contributed by atoms with van der Waals surface area (Å²) >= 11 is 0. The van der Waals surface area contributed by atoms with E-state index >= 15 is 0 Å². The van der Waals surface area contributed by atoms with E-state index in [-0.39, 0.29) is 18.2 Å². The molecule has 0 saturated carbocycles. The van der Waals surface area contributed by atoms with Crippen LogP contribution < -0.4 is 0 Å². The molecule has 0 unspecified atom stereocenters. The first-order chi connectivity index (χ1) is 16.2. The molecular formula is C28H32N2O3. The summed E-state index contributed by atoms with van der Waals surface area (Å²) in [5.41, 5.74) is 3.70. The smallest absolute Gasteiger partial charge is 0.357 e. The number of nitrogens with zero attached hydrogens (tertiary/aromatic N) is 2. The van der Waals surface area contributed by atoms with Crippen molar-refractivity contribution >= 4 is 5.97 Å². The van der Waals surface area contributed by atoms with Gasteiger partial charge in [0.05, 0.1) is 12.7 Å². The maximum Gasteiger partial charge on any atom is 0.357 e. The van der Waals surface area contributed by atoms with Crippen LogP contribution in [-0.2, 0) is 16.0 Å². The minimum absolute atomic E-state index is 0.0674. The van der Waals surface area contributed by atoms with Gasteiger partial charge >= 0.3 is 5.97 Å². The molecule has 2 aromatic carbocycles. The molecule has 1 fully saturated rings. The first-order valence-electron chi connectivity index (χ1n) is 11.8. The third-order valence-corrected chi connectivity index (χ3v) is 5.98. The van der Waals surface area contributed by atoms with E-state index < -0.39 is 0 Å². The first-order valence-corrected chi connectivity index (χ1v) is 11.8. The molecule has 0 amide bonds. The van der Waals surface area contributed by atoms with Crippen molar-refractivity contribution in [2.24, 2.45) is 0 Å². The molecule has 1 aliphatic heterocycles. The predicted octanol–water partition coefficient (Wildman–Crippen LogP) is 5.42. The Morgan fingerprint density at radius 2 is 1.61 bits per heavy atom. The van der Waals surface area contributed by atoms with Crippen molar-refractivity contribution in [3.63, 3.8) is 0 Å². The van der Waals surface area contributed by atoms with Gasteiger partial charge in [-0.2, -0.15) is 0 Å². The van der Waals surface area contributed by atoms with Crippen LogP contribution in [0.5, 0.6) is 0 Å². The predicted molar refractivity (Wildman–Crippen MR) is 129 cm³/mol. The molecule has 33 heavy (non-hydrogen) atoms. The molecule has 5 heteroatoms. The molecule has 1 aliphatic rings. The van der Waals surface area contributed by atoms with Crippen LogP contribution in [0.2, 0.25) is 0 Å². The summed E-state index contributed by atoms with van der Waals surface area (Å²) in [4.78, 5) is 19.0. The Hall–Kier alpha value is -3.02. The van der Waals surface area contributed by atoms with Crippen LogP contribution >= 0.6 is 0 Å². The molecule has 1 aromatic heterocycles. The Labute approximate surface area is 196 Å². The number of carbonyl (C=O) groups is 1. The lowest BCUT2D eigenvalue weighted by atomic mass is 10.00. The average Bonchev–Trinajstić information content (AvgIpc) is 2.88. The maximum atomic E-state index is 12.4. The number of benzene rings is 2. The Bertz CT molecular complexity index is 962. The van der Waals surface area contributed by atoms with Crippen molar-refractivity contribution < 1.29 is 14.3 Å². The average molecular weight is 445 g/mol. The molecule has 0 bridgehead atoms. The molecule has 0 aliphatic carbocycles. The van der Waals surface area contributed by atoms with E-state index in [0.717, 1.165) is 37.9 Å². The number of esters is 1. The quantitative estimate of drug-likeness (QED) is 0.413. The monoisotopic (exact) mass is 444 g/mol. The van der Waals surface area contributed by atoms with Crippen LogP contribution in [0.4, 0.5) is 0 Å². The zero-order chi connectivity index (χ0) is 22.9. The highest BCUT2D eigenvalue weighted by Gasteiger charge is 2.26. The number of pyridine rings is 1. The third-order valence-electron chi connectivity index (χ3n) is 5.98. The Kier molecular flexibility index (Phi) is 8.23. The van der Waals surface area contributed by atoms with Gasteiger partial charge < -0.3 is 9.47 Å². The molecule has 3 aromatic rings. The normalized spacial score (nSPS) is 15.0. The van der Waals surface area contributed by atoms with E-state index in [1.165, 1.54) is 11.1 Å². The van der Waals surface area contributed by atoms with Crippen molar-refractivity contribution in [3.8, 4) is 0 Å². The number of likely N-dealkylation sites (tertiary alicyclic amines) is 1. The van der Waals surface area contributed by atoms with Gasteiger partial charge in [0, 0.05) is 25.8 Å². The number of rotatable bonds is 9. The number of aromatic nitrogens is 1. The lowest BCUT2D eigenvalue weighted by Crippen LogP contribution is -2.37. The van der Waals surface area contributed by atoms with Crippen LogP contribution in [-0.4, -0.2) is 41.7 Å². The topological polar surface area (TPSA) is 51.7 Å². The summed E-state index contributed by atoms with van der Waals surface area (Å²) < 4.78 is 12.0. The second-order valence-corrected chi connectivity index (χ2v) is 8.46. The van der Waals surface area contributed by atoms with E-state index in [9.17, 15) is 4.79 Å². The zero-order valence-electron chi connectivity index (χ0n) is 19.2. The molecule has 0 spiro atoms. The van der Waals surface area contributed by atoms with Gasteiger partial charge in [-0.05, 0) is 42.0 Å². The van der Waals surface area contributed by atoms with Crippen molar-refractivity contribution in [1.29, 1.82) is 0 Å². The maximum absolute atomic E-state index is 12.4. The van der Waals surface area contributed by atoms with Gasteiger partial charge in [-0.25, -0.2) is 9.78 Å². The van der Waals surface area contributed by atoms with Gasteiger partial charge in [0.2, 0.25) is 0 Å².